The third-order valence-corrected chi connectivity index (χ3v) is 2.73. The maximum atomic E-state index is 4.18. The monoisotopic (exact) mass is 250 g/mol. The topological polar surface area (TPSA) is 28.7 Å². The summed E-state index contributed by atoms with van der Waals surface area (Å²) in [7, 11) is 0. The van der Waals surface area contributed by atoms with E-state index in [2.05, 4.69) is 38.3 Å². The van der Waals surface area contributed by atoms with Gasteiger partial charge in [-0.05, 0) is 31.5 Å². The third-order valence-electron chi connectivity index (χ3n) is 2.24. The first kappa shape index (κ1) is 9.46. The van der Waals surface area contributed by atoms with Crippen LogP contribution >= 0.6 is 15.9 Å². The van der Waals surface area contributed by atoms with Gasteiger partial charge in [-0.3, -0.25) is 5.10 Å². The zero-order chi connectivity index (χ0) is 10.1. The quantitative estimate of drug-likeness (QED) is 0.826. The van der Waals surface area contributed by atoms with Crippen molar-refractivity contribution in [1.82, 2.24) is 10.2 Å². The molecule has 0 saturated heterocycles. The third kappa shape index (κ3) is 1.60. The maximum absolute atomic E-state index is 4.18. The number of nitrogens with zero attached hydrogens (tertiary/aromatic N) is 1. The lowest BCUT2D eigenvalue weighted by Gasteiger charge is -2.01. The van der Waals surface area contributed by atoms with Gasteiger partial charge in [0.2, 0.25) is 0 Å². The molecule has 2 nitrogen and oxygen atoms in total. The summed E-state index contributed by atoms with van der Waals surface area (Å²) in [5.74, 6) is 0. The van der Waals surface area contributed by atoms with Gasteiger partial charge in [0.1, 0.15) is 0 Å². The Bertz CT molecular complexity index is 441. The molecule has 0 aliphatic rings. The van der Waals surface area contributed by atoms with E-state index in [1.54, 1.807) is 0 Å². The van der Waals surface area contributed by atoms with Crippen LogP contribution in [0.2, 0.25) is 0 Å². The molecule has 1 aromatic heterocycles. The van der Waals surface area contributed by atoms with Crippen LogP contribution in [-0.2, 0) is 0 Å². The molecule has 72 valence electrons. The zero-order valence-corrected chi connectivity index (χ0v) is 9.72. The normalized spacial score (nSPS) is 10.5. The van der Waals surface area contributed by atoms with Gasteiger partial charge in [-0.15, -0.1) is 0 Å². The molecule has 14 heavy (non-hydrogen) atoms. The number of benzene rings is 1. The molecule has 0 radical (unpaired) electrons. The first-order valence-electron chi connectivity index (χ1n) is 4.46. The van der Waals surface area contributed by atoms with Crippen molar-refractivity contribution in [1.29, 1.82) is 0 Å². The Kier molecular flexibility index (Phi) is 2.42. The van der Waals surface area contributed by atoms with Crippen LogP contribution in [0.15, 0.2) is 28.7 Å². The zero-order valence-electron chi connectivity index (χ0n) is 8.13. The predicted octanol–water partition coefficient (Wildman–Crippen LogP) is 3.46. The number of H-pyrrole nitrogens is 1. The van der Waals surface area contributed by atoms with E-state index in [0.29, 0.717) is 0 Å². The first-order chi connectivity index (χ1) is 6.68. The Morgan fingerprint density at radius 3 is 2.64 bits per heavy atom. The van der Waals surface area contributed by atoms with Crippen LogP contribution in [0.5, 0.6) is 0 Å². The largest absolute Gasteiger partial charge is 0.282 e. The number of aromatic amines is 1. The Balaban J connectivity index is 2.59. The summed E-state index contributed by atoms with van der Waals surface area (Å²) in [4.78, 5) is 0. The van der Waals surface area contributed by atoms with Crippen molar-refractivity contribution in [3.8, 4) is 11.1 Å². The molecule has 0 aliphatic heterocycles. The molecule has 1 aromatic carbocycles. The molecule has 0 spiro atoms. The summed E-state index contributed by atoms with van der Waals surface area (Å²) < 4.78 is 1.09. The molecule has 0 fully saturated rings. The Morgan fingerprint density at radius 1 is 1.29 bits per heavy atom. The second kappa shape index (κ2) is 3.58. The van der Waals surface area contributed by atoms with Crippen LogP contribution in [0.25, 0.3) is 11.1 Å². The molecule has 0 unspecified atom stereocenters. The molecule has 2 aromatic rings. The summed E-state index contributed by atoms with van der Waals surface area (Å²) in [5, 5.41) is 7.17. The minimum Gasteiger partial charge on any atom is -0.282 e. The highest BCUT2D eigenvalue weighted by Gasteiger charge is 2.08. The fourth-order valence-electron chi connectivity index (χ4n) is 1.62. The van der Waals surface area contributed by atoms with E-state index in [4.69, 9.17) is 0 Å². The van der Waals surface area contributed by atoms with Crippen molar-refractivity contribution >= 4 is 15.9 Å². The van der Waals surface area contributed by atoms with Crippen LogP contribution in [-0.4, -0.2) is 10.2 Å². The van der Waals surface area contributed by atoms with Gasteiger partial charge < -0.3 is 0 Å². The molecule has 1 N–H and O–H groups in total. The van der Waals surface area contributed by atoms with Crippen molar-refractivity contribution in [2.24, 2.45) is 0 Å². The highest BCUT2D eigenvalue weighted by atomic mass is 79.9. The predicted molar refractivity (Wildman–Crippen MR) is 61.2 cm³/mol. The summed E-state index contributed by atoms with van der Waals surface area (Å²) >= 11 is 3.47. The molecule has 0 atom stereocenters. The average molecular weight is 251 g/mol. The highest BCUT2D eigenvalue weighted by Crippen LogP contribution is 2.27. The molecular formula is C11H11BrN2. The van der Waals surface area contributed by atoms with Crippen molar-refractivity contribution in [2.45, 2.75) is 13.8 Å². The lowest BCUT2D eigenvalue weighted by molar-refractivity contribution is 1.02. The van der Waals surface area contributed by atoms with E-state index in [1.807, 2.05) is 26.0 Å². The smallest absolute Gasteiger partial charge is 0.0672 e. The van der Waals surface area contributed by atoms with Gasteiger partial charge in [0.05, 0.1) is 5.69 Å². The van der Waals surface area contributed by atoms with E-state index in [1.165, 1.54) is 11.1 Å². The molecule has 1 heterocycles. The first-order valence-corrected chi connectivity index (χ1v) is 5.25. The van der Waals surface area contributed by atoms with Gasteiger partial charge in [0.15, 0.2) is 0 Å². The van der Waals surface area contributed by atoms with Crippen LogP contribution in [0.1, 0.15) is 11.4 Å². The highest BCUT2D eigenvalue weighted by molar-refractivity contribution is 9.10. The standard InChI is InChI=1S/C11H11BrN2/c1-7-11(8(2)14-13-7)9-4-3-5-10(12)6-9/h3-6H,1-2H3,(H,13,14). The number of hydrogen-bond acceptors (Lipinski definition) is 1. The van der Waals surface area contributed by atoms with Crippen LogP contribution in [0.4, 0.5) is 0 Å². The van der Waals surface area contributed by atoms with Crippen molar-refractivity contribution < 1.29 is 0 Å². The number of halogens is 1. The molecule has 2 rings (SSSR count). The van der Waals surface area contributed by atoms with Crippen LogP contribution in [0, 0.1) is 13.8 Å². The molecule has 0 amide bonds. The Morgan fingerprint density at radius 2 is 2.07 bits per heavy atom. The second-order valence-electron chi connectivity index (χ2n) is 3.32. The number of aryl methyl sites for hydroxylation is 2. The number of hydrogen-bond donors (Lipinski definition) is 1. The SMILES string of the molecule is Cc1n[nH]c(C)c1-c1cccc(Br)c1. The summed E-state index contributed by atoms with van der Waals surface area (Å²) in [6.45, 7) is 4.05. The Labute approximate surface area is 91.5 Å². The summed E-state index contributed by atoms with van der Waals surface area (Å²) in [6.07, 6.45) is 0. The van der Waals surface area contributed by atoms with Gasteiger partial charge in [-0.1, -0.05) is 28.1 Å². The van der Waals surface area contributed by atoms with Crippen molar-refractivity contribution in [2.75, 3.05) is 0 Å². The minimum absolute atomic E-state index is 1.04. The van der Waals surface area contributed by atoms with Crippen LogP contribution < -0.4 is 0 Å². The van der Waals surface area contributed by atoms with Gasteiger partial charge in [-0.25, -0.2) is 0 Å². The fourth-order valence-corrected chi connectivity index (χ4v) is 2.02. The molecule has 0 aliphatic carbocycles. The van der Waals surface area contributed by atoms with E-state index >= 15 is 0 Å². The molecule has 0 bridgehead atoms. The van der Waals surface area contributed by atoms with Gasteiger partial charge in [0.25, 0.3) is 0 Å². The van der Waals surface area contributed by atoms with Gasteiger partial charge in [-0.2, -0.15) is 5.10 Å². The number of rotatable bonds is 1. The summed E-state index contributed by atoms with van der Waals surface area (Å²) in [6, 6.07) is 8.25. The van der Waals surface area contributed by atoms with Gasteiger partial charge in [0, 0.05) is 15.7 Å². The maximum Gasteiger partial charge on any atom is 0.0672 e. The van der Waals surface area contributed by atoms with Crippen LogP contribution in [0.3, 0.4) is 0 Å². The lowest BCUT2D eigenvalue weighted by atomic mass is 10.0. The van der Waals surface area contributed by atoms with E-state index < -0.39 is 0 Å². The van der Waals surface area contributed by atoms with E-state index in [0.717, 1.165) is 15.9 Å². The van der Waals surface area contributed by atoms with E-state index in [-0.39, 0.29) is 0 Å². The molecule has 3 heteroatoms. The lowest BCUT2D eigenvalue weighted by Crippen LogP contribution is -1.81. The number of nitrogens with one attached hydrogen (secondary N) is 1. The molecular weight excluding hydrogens is 240 g/mol. The fraction of sp³-hybridized carbons (Fsp3) is 0.182. The average Bonchev–Trinajstić information content (AvgIpc) is 2.46. The van der Waals surface area contributed by atoms with E-state index in [9.17, 15) is 0 Å². The summed E-state index contributed by atoms with van der Waals surface area (Å²) in [5.41, 5.74) is 4.55. The second-order valence-corrected chi connectivity index (χ2v) is 4.24. The number of aromatic nitrogens is 2. The Hall–Kier alpha value is -1.09. The minimum atomic E-state index is 1.04. The van der Waals surface area contributed by atoms with Crippen molar-refractivity contribution in [3.63, 3.8) is 0 Å². The van der Waals surface area contributed by atoms with Crippen molar-refractivity contribution in [3.05, 3.63) is 40.1 Å². The molecule has 0 saturated carbocycles. The van der Waals surface area contributed by atoms with Gasteiger partial charge >= 0.3 is 0 Å².